The maximum absolute atomic E-state index is 12.6. The molecule has 1 aliphatic heterocycles. The molecule has 0 spiro atoms. The van der Waals surface area contributed by atoms with Gasteiger partial charge in [-0.15, -0.1) is 11.8 Å². The fourth-order valence-electron chi connectivity index (χ4n) is 4.07. The Labute approximate surface area is 164 Å². The molecule has 0 atom stereocenters. The van der Waals surface area contributed by atoms with E-state index in [0.717, 1.165) is 43.2 Å². The molecule has 0 unspecified atom stereocenters. The molecule has 1 aromatic heterocycles. The number of thioether (sulfide) groups is 1. The molecule has 2 aromatic rings. The van der Waals surface area contributed by atoms with Crippen LogP contribution in [0.15, 0.2) is 23.1 Å². The van der Waals surface area contributed by atoms with Crippen molar-refractivity contribution in [2.24, 2.45) is 5.92 Å². The van der Waals surface area contributed by atoms with Crippen LogP contribution in [0.25, 0.3) is 10.2 Å². The molecule has 1 aromatic carbocycles. The molecule has 1 aliphatic carbocycles. The first-order valence-corrected chi connectivity index (χ1v) is 11.7. The first kappa shape index (κ1) is 18.1. The number of aromatic nitrogens is 1. The molecule has 1 saturated carbocycles. The molecule has 4 nitrogen and oxygen atoms in total. The first-order chi connectivity index (χ1) is 12.7. The summed E-state index contributed by atoms with van der Waals surface area (Å²) in [5.41, 5.74) is 1.08. The SMILES string of the molecule is CSc1ccc2nc(N3CCN(C(=O)CC4CCCCC4)CC3)sc2c1. The number of thiazole rings is 1. The van der Waals surface area contributed by atoms with Crippen LogP contribution in [0.3, 0.4) is 0 Å². The van der Waals surface area contributed by atoms with Gasteiger partial charge >= 0.3 is 0 Å². The van der Waals surface area contributed by atoms with Gasteiger partial charge in [-0.1, -0.05) is 30.6 Å². The summed E-state index contributed by atoms with van der Waals surface area (Å²) in [5.74, 6) is 0.995. The molecule has 6 heteroatoms. The van der Waals surface area contributed by atoms with E-state index < -0.39 is 0 Å². The van der Waals surface area contributed by atoms with Crippen LogP contribution in [0.2, 0.25) is 0 Å². The number of anilines is 1. The minimum absolute atomic E-state index is 0.366. The highest BCUT2D eigenvalue weighted by molar-refractivity contribution is 7.98. The predicted octanol–water partition coefficient (Wildman–Crippen LogP) is 4.64. The van der Waals surface area contributed by atoms with Crippen molar-refractivity contribution < 1.29 is 4.79 Å². The molecule has 1 saturated heterocycles. The van der Waals surface area contributed by atoms with E-state index in [2.05, 4.69) is 34.3 Å². The van der Waals surface area contributed by atoms with Crippen LogP contribution < -0.4 is 4.90 Å². The lowest BCUT2D eigenvalue weighted by Gasteiger charge is -2.35. The quantitative estimate of drug-likeness (QED) is 0.714. The fourth-order valence-corrected chi connectivity index (χ4v) is 5.64. The van der Waals surface area contributed by atoms with Crippen molar-refractivity contribution in [2.45, 2.75) is 43.4 Å². The minimum Gasteiger partial charge on any atom is -0.345 e. The molecule has 4 rings (SSSR count). The molecular formula is C20H27N3OS2. The van der Waals surface area contributed by atoms with E-state index in [-0.39, 0.29) is 0 Å². The van der Waals surface area contributed by atoms with Crippen molar-refractivity contribution in [1.82, 2.24) is 9.88 Å². The van der Waals surface area contributed by atoms with Gasteiger partial charge in [0.25, 0.3) is 0 Å². The number of carbonyl (C=O) groups is 1. The topological polar surface area (TPSA) is 36.4 Å². The Morgan fingerprint density at radius 1 is 1.19 bits per heavy atom. The first-order valence-electron chi connectivity index (χ1n) is 9.70. The third-order valence-corrected chi connectivity index (χ3v) is 7.48. The average Bonchev–Trinajstić information content (AvgIpc) is 3.12. The van der Waals surface area contributed by atoms with Gasteiger partial charge in [0, 0.05) is 37.5 Å². The third-order valence-electron chi connectivity index (χ3n) is 5.68. The van der Waals surface area contributed by atoms with Gasteiger partial charge in [-0.05, 0) is 43.2 Å². The number of piperazine rings is 1. The maximum atomic E-state index is 12.6. The number of benzene rings is 1. The minimum atomic E-state index is 0.366. The van der Waals surface area contributed by atoms with Gasteiger partial charge in [0.05, 0.1) is 10.2 Å². The summed E-state index contributed by atoms with van der Waals surface area (Å²) >= 11 is 3.54. The van der Waals surface area contributed by atoms with Gasteiger partial charge in [-0.25, -0.2) is 4.98 Å². The van der Waals surface area contributed by atoms with Crippen molar-refractivity contribution in [2.75, 3.05) is 37.3 Å². The molecule has 140 valence electrons. The Kier molecular flexibility index (Phi) is 5.69. The summed E-state index contributed by atoms with van der Waals surface area (Å²) in [6.45, 7) is 3.45. The molecule has 2 aliphatic rings. The number of nitrogens with zero attached hydrogens (tertiary/aromatic N) is 3. The summed E-state index contributed by atoms with van der Waals surface area (Å²) < 4.78 is 1.25. The number of amides is 1. The number of fused-ring (bicyclic) bond motifs is 1. The van der Waals surface area contributed by atoms with Gasteiger partial charge in [0.1, 0.15) is 0 Å². The Bertz CT molecular complexity index is 762. The lowest BCUT2D eigenvalue weighted by atomic mass is 9.86. The molecule has 0 N–H and O–H groups in total. The average molecular weight is 390 g/mol. The number of carbonyl (C=O) groups excluding carboxylic acids is 1. The Balaban J connectivity index is 1.35. The molecule has 26 heavy (non-hydrogen) atoms. The largest absolute Gasteiger partial charge is 0.345 e. The monoisotopic (exact) mass is 389 g/mol. The molecule has 0 radical (unpaired) electrons. The van der Waals surface area contributed by atoms with Gasteiger partial charge in [-0.3, -0.25) is 4.79 Å². The maximum Gasteiger partial charge on any atom is 0.222 e. The molecule has 1 amide bonds. The van der Waals surface area contributed by atoms with E-state index in [1.54, 1.807) is 23.1 Å². The van der Waals surface area contributed by atoms with Crippen LogP contribution in [0.1, 0.15) is 38.5 Å². The van der Waals surface area contributed by atoms with Crippen LogP contribution in [-0.2, 0) is 4.79 Å². The Morgan fingerprint density at radius 2 is 1.96 bits per heavy atom. The summed E-state index contributed by atoms with van der Waals surface area (Å²) in [5, 5.41) is 1.10. The van der Waals surface area contributed by atoms with Crippen molar-refractivity contribution in [3.05, 3.63) is 18.2 Å². The van der Waals surface area contributed by atoms with Crippen LogP contribution >= 0.6 is 23.1 Å². The fraction of sp³-hybridized carbons (Fsp3) is 0.600. The van der Waals surface area contributed by atoms with Crippen molar-refractivity contribution in [3.8, 4) is 0 Å². The van der Waals surface area contributed by atoms with E-state index in [1.165, 1.54) is 41.7 Å². The lowest BCUT2D eigenvalue weighted by molar-refractivity contribution is -0.132. The second kappa shape index (κ2) is 8.17. The van der Waals surface area contributed by atoms with Crippen LogP contribution in [-0.4, -0.2) is 48.2 Å². The van der Waals surface area contributed by atoms with Crippen LogP contribution in [0.4, 0.5) is 5.13 Å². The van der Waals surface area contributed by atoms with Crippen LogP contribution in [0, 0.1) is 5.92 Å². The zero-order chi connectivity index (χ0) is 17.9. The Hall–Kier alpha value is -1.27. The molecule has 2 fully saturated rings. The normalized spacial score (nSPS) is 19.3. The highest BCUT2D eigenvalue weighted by Gasteiger charge is 2.25. The van der Waals surface area contributed by atoms with Crippen molar-refractivity contribution >= 4 is 44.4 Å². The van der Waals surface area contributed by atoms with E-state index in [4.69, 9.17) is 4.98 Å². The second-order valence-corrected chi connectivity index (χ2v) is 9.29. The van der Waals surface area contributed by atoms with Crippen molar-refractivity contribution in [3.63, 3.8) is 0 Å². The van der Waals surface area contributed by atoms with Gasteiger partial charge < -0.3 is 9.80 Å². The standard InChI is InChI=1S/C20H27N3OS2/c1-25-16-7-8-17-18(14-16)26-20(21-17)23-11-9-22(10-12-23)19(24)13-15-5-3-2-4-6-15/h7-8,14-15H,2-6,9-13H2,1H3. The van der Waals surface area contributed by atoms with Gasteiger partial charge in [0.2, 0.25) is 5.91 Å². The van der Waals surface area contributed by atoms with E-state index in [1.807, 2.05) is 0 Å². The summed E-state index contributed by atoms with van der Waals surface area (Å²) in [7, 11) is 0. The smallest absolute Gasteiger partial charge is 0.222 e. The highest BCUT2D eigenvalue weighted by Crippen LogP contribution is 2.32. The van der Waals surface area contributed by atoms with Crippen LogP contribution in [0.5, 0.6) is 0 Å². The summed E-state index contributed by atoms with van der Waals surface area (Å²) in [4.78, 5) is 23.1. The zero-order valence-corrected chi connectivity index (χ0v) is 17.1. The number of hydrogen-bond donors (Lipinski definition) is 0. The van der Waals surface area contributed by atoms with E-state index >= 15 is 0 Å². The molecule has 2 heterocycles. The van der Waals surface area contributed by atoms with Gasteiger partial charge in [0.15, 0.2) is 5.13 Å². The van der Waals surface area contributed by atoms with E-state index in [9.17, 15) is 4.79 Å². The second-order valence-electron chi connectivity index (χ2n) is 7.41. The number of hydrogen-bond acceptors (Lipinski definition) is 5. The number of rotatable bonds is 4. The van der Waals surface area contributed by atoms with Gasteiger partial charge in [-0.2, -0.15) is 0 Å². The molecular weight excluding hydrogens is 362 g/mol. The Morgan fingerprint density at radius 3 is 2.69 bits per heavy atom. The summed E-state index contributed by atoms with van der Waals surface area (Å²) in [6.07, 6.45) is 9.32. The molecule has 0 bridgehead atoms. The zero-order valence-electron chi connectivity index (χ0n) is 15.4. The third kappa shape index (κ3) is 4.01. The predicted molar refractivity (Wildman–Crippen MR) is 111 cm³/mol. The lowest BCUT2D eigenvalue weighted by Crippen LogP contribution is -2.49. The van der Waals surface area contributed by atoms with E-state index in [0.29, 0.717) is 11.8 Å². The van der Waals surface area contributed by atoms with Crippen molar-refractivity contribution in [1.29, 1.82) is 0 Å². The highest BCUT2D eigenvalue weighted by atomic mass is 32.2. The summed E-state index contributed by atoms with van der Waals surface area (Å²) in [6, 6.07) is 6.48.